The van der Waals surface area contributed by atoms with Crippen molar-refractivity contribution in [1.29, 1.82) is 0 Å². The second-order valence-corrected chi connectivity index (χ2v) is 4.40. The Kier molecular flexibility index (Phi) is 6.13. The number of aliphatic hydroxyl groups is 1. The summed E-state index contributed by atoms with van der Waals surface area (Å²) in [5, 5.41) is 22.0. The molecule has 1 atom stereocenters. The van der Waals surface area contributed by atoms with Crippen LogP contribution in [0.5, 0.6) is 0 Å². The molecule has 8 heteroatoms. The van der Waals surface area contributed by atoms with Gasteiger partial charge in [0.15, 0.2) is 0 Å². The Morgan fingerprint density at radius 2 is 2.30 bits per heavy atom. The summed E-state index contributed by atoms with van der Waals surface area (Å²) in [4.78, 5) is 24.1. The maximum Gasteiger partial charge on any atom is 0.306 e. The third-order valence-electron chi connectivity index (χ3n) is 2.72. The van der Waals surface area contributed by atoms with E-state index in [9.17, 15) is 14.7 Å². The predicted octanol–water partition coefficient (Wildman–Crippen LogP) is -0.838. The molecule has 112 valence electrons. The number of likely N-dealkylation sites (N-methyl/N-ethyl adjacent to an activating group) is 1. The Bertz CT molecular complexity index is 502. The largest absolute Gasteiger partial charge is 0.481 e. The van der Waals surface area contributed by atoms with Gasteiger partial charge in [-0.1, -0.05) is 0 Å². The third kappa shape index (κ3) is 4.98. The van der Waals surface area contributed by atoms with E-state index in [1.165, 1.54) is 12.3 Å². The fourth-order valence-electron chi connectivity index (χ4n) is 1.59. The van der Waals surface area contributed by atoms with E-state index >= 15 is 0 Å². The van der Waals surface area contributed by atoms with Crippen molar-refractivity contribution < 1.29 is 19.7 Å². The number of aromatic nitrogens is 2. The monoisotopic (exact) mass is 285 g/mol. The average Bonchev–Trinajstić information content (AvgIpc) is 2.37. The summed E-state index contributed by atoms with van der Waals surface area (Å²) in [5.74, 6) is -1.12. The van der Waals surface area contributed by atoms with Gasteiger partial charge < -0.3 is 19.8 Å². The number of hydrogen-bond acceptors (Lipinski definition) is 6. The first-order chi connectivity index (χ1) is 9.43. The summed E-state index contributed by atoms with van der Waals surface area (Å²) >= 11 is 0. The Morgan fingerprint density at radius 3 is 2.85 bits per heavy atom. The molecule has 0 aromatic carbocycles. The van der Waals surface area contributed by atoms with Gasteiger partial charge in [0.2, 0.25) is 0 Å². The lowest BCUT2D eigenvalue weighted by Crippen LogP contribution is -2.31. The highest BCUT2D eigenvalue weighted by Crippen LogP contribution is 2.06. The normalized spacial score (nSPS) is 12.2. The third-order valence-corrected chi connectivity index (χ3v) is 2.72. The van der Waals surface area contributed by atoms with Crippen molar-refractivity contribution in [3.63, 3.8) is 0 Å². The standard InChI is InChI=1S/C12H19N3O5/c1-14(3-4-20-2)9-5-11(17)15(13-7-9)8-10(16)6-12(18)19/h5,7,10,16H,3-4,6,8H2,1-2H3,(H,18,19). The number of anilines is 1. The van der Waals surface area contributed by atoms with E-state index in [1.807, 2.05) is 4.90 Å². The van der Waals surface area contributed by atoms with Crippen LogP contribution in [0.1, 0.15) is 6.42 Å². The Balaban J connectivity index is 2.73. The van der Waals surface area contributed by atoms with Crippen molar-refractivity contribution in [2.24, 2.45) is 0 Å². The number of rotatable bonds is 8. The minimum absolute atomic E-state index is 0.146. The van der Waals surface area contributed by atoms with Gasteiger partial charge in [-0.3, -0.25) is 9.59 Å². The molecule has 0 saturated heterocycles. The molecule has 20 heavy (non-hydrogen) atoms. The first-order valence-electron chi connectivity index (χ1n) is 6.11. The highest BCUT2D eigenvalue weighted by molar-refractivity contribution is 5.67. The lowest BCUT2D eigenvalue weighted by atomic mass is 10.2. The van der Waals surface area contributed by atoms with Gasteiger partial charge >= 0.3 is 5.97 Å². The van der Waals surface area contributed by atoms with Crippen molar-refractivity contribution in [3.05, 3.63) is 22.6 Å². The maximum atomic E-state index is 11.8. The molecule has 0 spiro atoms. The minimum atomic E-state index is -1.14. The van der Waals surface area contributed by atoms with Crippen LogP contribution in [0.3, 0.4) is 0 Å². The quantitative estimate of drug-likeness (QED) is 0.641. The van der Waals surface area contributed by atoms with E-state index in [2.05, 4.69) is 5.10 Å². The van der Waals surface area contributed by atoms with E-state index in [0.717, 1.165) is 4.68 Å². The van der Waals surface area contributed by atoms with Crippen molar-refractivity contribution in [3.8, 4) is 0 Å². The van der Waals surface area contributed by atoms with E-state index in [4.69, 9.17) is 9.84 Å². The van der Waals surface area contributed by atoms with E-state index in [0.29, 0.717) is 18.8 Å². The van der Waals surface area contributed by atoms with Crippen LogP contribution in [0.15, 0.2) is 17.1 Å². The zero-order valence-electron chi connectivity index (χ0n) is 11.5. The molecule has 0 aliphatic rings. The van der Waals surface area contributed by atoms with Gasteiger partial charge in [0.25, 0.3) is 5.56 Å². The summed E-state index contributed by atoms with van der Waals surface area (Å²) < 4.78 is 5.99. The topological polar surface area (TPSA) is 105 Å². The summed E-state index contributed by atoms with van der Waals surface area (Å²) in [6.45, 7) is 0.993. The Labute approximate surface area is 116 Å². The van der Waals surface area contributed by atoms with Crippen molar-refractivity contribution in [1.82, 2.24) is 9.78 Å². The molecule has 1 unspecified atom stereocenters. The van der Waals surface area contributed by atoms with Gasteiger partial charge in [0.1, 0.15) is 0 Å². The first kappa shape index (κ1) is 16.1. The van der Waals surface area contributed by atoms with Crippen LogP contribution in [0.25, 0.3) is 0 Å². The fraction of sp³-hybridized carbons (Fsp3) is 0.583. The molecular weight excluding hydrogens is 266 g/mol. The zero-order valence-corrected chi connectivity index (χ0v) is 11.5. The summed E-state index contributed by atoms with van der Waals surface area (Å²) in [6, 6.07) is 1.39. The number of aliphatic hydroxyl groups excluding tert-OH is 1. The number of ether oxygens (including phenoxy) is 1. The minimum Gasteiger partial charge on any atom is -0.481 e. The van der Waals surface area contributed by atoms with E-state index < -0.39 is 24.1 Å². The Hall–Kier alpha value is -1.93. The van der Waals surface area contributed by atoms with Gasteiger partial charge in [-0.05, 0) is 0 Å². The van der Waals surface area contributed by atoms with Gasteiger partial charge in [0.05, 0.1) is 37.6 Å². The molecule has 0 radical (unpaired) electrons. The maximum absolute atomic E-state index is 11.8. The van der Waals surface area contributed by atoms with Crippen LogP contribution < -0.4 is 10.5 Å². The van der Waals surface area contributed by atoms with Crippen molar-refractivity contribution in [2.75, 3.05) is 32.2 Å². The molecular formula is C12H19N3O5. The second kappa shape index (κ2) is 7.61. The number of aliphatic carboxylic acids is 1. The van der Waals surface area contributed by atoms with Crippen LogP contribution in [-0.2, 0) is 16.1 Å². The molecule has 0 aliphatic carbocycles. The number of hydrogen-bond donors (Lipinski definition) is 2. The molecule has 0 saturated carbocycles. The number of carbonyl (C=O) groups is 1. The van der Waals surface area contributed by atoms with Crippen LogP contribution in [-0.4, -0.2) is 59.4 Å². The van der Waals surface area contributed by atoms with Gasteiger partial charge in [-0.25, -0.2) is 4.68 Å². The fourth-order valence-corrected chi connectivity index (χ4v) is 1.59. The lowest BCUT2D eigenvalue weighted by molar-refractivity contribution is -0.139. The molecule has 1 rings (SSSR count). The number of methoxy groups -OCH3 is 1. The van der Waals surface area contributed by atoms with E-state index in [1.54, 1.807) is 14.2 Å². The van der Waals surface area contributed by atoms with Crippen LogP contribution in [0.2, 0.25) is 0 Å². The van der Waals surface area contributed by atoms with Crippen molar-refractivity contribution in [2.45, 2.75) is 19.1 Å². The smallest absolute Gasteiger partial charge is 0.306 e. The predicted molar refractivity (Wildman–Crippen MR) is 71.9 cm³/mol. The highest BCUT2D eigenvalue weighted by Gasteiger charge is 2.12. The van der Waals surface area contributed by atoms with Gasteiger partial charge in [0, 0.05) is 26.8 Å². The zero-order chi connectivity index (χ0) is 15.1. The SMILES string of the molecule is COCCN(C)c1cnn(CC(O)CC(=O)O)c(=O)c1. The first-order valence-corrected chi connectivity index (χ1v) is 6.11. The van der Waals surface area contributed by atoms with Crippen LogP contribution in [0, 0.1) is 0 Å². The van der Waals surface area contributed by atoms with Gasteiger partial charge in [-0.15, -0.1) is 0 Å². The highest BCUT2D eigenvalue weighted by atomic mass is 16.5. The molecule has 0 amide bonds. The molecule has 8 nitrogen and oxygen atoms in total. The average molecular weight is 285 g/mol. The molecule has 1 aromatic rings. The molecule has 0 fully saturated rings. The second-order valence-electron chi connectivity index (χ2n) is 4.40. The molecule has 0 bridgehead atoms. The Morgan fingerprint density at radius 1 is 1.60 bits per heavy atom. The van der Waals surface area contributed by atoms with E-state index in [-0.39, 0.29) is 6.54 Å². The summed E-state index contributed by atoms with van der Waals surface area (Å²) in [7, 11) is 3.40. The molecule has 2 N–H and O–H groups in total. The van der Waals surface area contributed by atoms with Gasteiger partial charge in [-0.2, -0.15) is 5.10 Å². The number of carboxylic acids is 1. The molecule has 0 aliphatic heterocycles. The van der Waals surface area contributed by atoms with Crippen LogP contribution >= 0.6 is 0 Å². The van der Waals surface area contributed by atoms with Crippen LogP contribution in [0.4, 0.5) is 5.69 Å². The molecule has 1 heterocycles. The summed E-state index contributed by atoms with van der Waals surface area (Å²) in [6.07, 6.45) is -0.0801. The van der Waals surface area contributed by atoms with Crippen molar-refractivity contribution >= 4 is 11.7 Å². The molecule has 1 aromatic heterocycles. The number of nitrogens with zero attached hydrogens (tertiary/aromatic N) is 3. The summed E-state index contributed by atoms with van der Waals surface area (Å²) in [5.41, 5.74) is 0.243. The lowest BCUT2D eigenvalue weighted by Gasteiger charge is -2.18. The number of carboxylic acid groups (broad SMARTS) is 1.